The van der Waals surface area contributed by atoms with Crippen LogP contribution in [-0.4, -0.2) is 31.5 Å². The molecule has 0 bridgehead atoms. The van der Waals surface area contributed by atoms with Crippen LogP contribution < -0.4 is 15.2 Å². The van der Waals surface area contributed by atoms with E-state index in [1.54, 1.807) is 25.3 Å². The molecule has 7 nitrogen and oxygen atoms in total. The lowest BCUT2D eigenvalue weighted by molar-refractivity contribution is 0.402. The van der Waals surface area contributed by atoms with E-state index in [9.17, 15) is 8.42 Å². The summed E-state index contributed by atoms with van der Waals surface area (Å²) in [6.45, 7) is 0. The summed E-state index contributed by atoms with van der Waals surface area (Å²) in [6.07, 6.45) is 4.90. The van der Waals surface area contributed by atoms with Crippen LogP contribution in [0, 0.1) is 0 Å². The fraction of sp³-hybridized carbons (Fsp3) is 0.333. The number of hydrogen-bond donors (Lipinski definition) is 2. The number of nitrogens with one attached hydrogen (secondary N) is 1. The van der Waals surface area contributed by atoms with Crippen LogP contribution in [0.4, 0.5) is 5.95 Å². The van der Waals surface area contributed by atoms with E-state index in [4.69, 9.17) is 10.5 Å². The summed E-state index contributed by atoms with van der Waals surface area (Å²) in [6, 6.07) is 4.85. The molecule has 0 radical (unpaired) electrons. The Kier molecular flexibility index (Phi) is 4.18. The van der Waals surface area contributed by atoms with Crippen molar-refractivity contribution >= 4 is 16.0 Å². The van der Waals surface area contributed by atoms with Gasteiger partial charge in [-0.25, -0.2) is 23.1 Å². The number of anilines is 1. The van der Waals surface area contributed by atoms with E-state index < -0.39 is 10.0 Å². The van der Waals surface area contributed by atoms with E-state index in [2.05, 4.69) is 14.7 Å². The second-order valence-electron chi connectivity index (χ2n) is 5.40. The van der Waals surface area contributed by atoms with E-state index in [1.807, 2.05) is 0 Å². The zero-order chi connectivity index (χ0) is 16.4. The Morgan fingerprint density at radius 2 is 2.00 bits per heavy atom. The van der Waals surface area contributed by atoms with Crippen molar-refractivity contribution in [1.82, 2.24) is 9.97 Å². The molecular formula is C15H18N4O3S. The molecule has 3 N–H and O–H groups in total. The van der Waals surface area contributed by atoms with E-state index in [1.165, 1.54) is 12.4 Å². The molecule has 0 saturated carbocycles. The lowest BCUT2D eigenvalue weighted by atomic mass is 9.88. The third-order valence-corrected chi connectivity index (χ3v) is 5.29. The van der Waals surface area contributed by atoms with Crippen LogP contribution in [0.15, 0.2) is 35.5 Å². The van der Waals surface area contributed by atoms with Crippen LogP contribution in [0.1, 0.15) is 17.5 Å². The third-order valence-electron chi connectivity index (χ3n) is 3.88. The zero-order valence-corrected chi connectivity index (χ0v) is 13.5. The van der Waals surface area contributed by atoms with E-state index in [-0.39, 0.29) is 16.9 Å². The molecule has 23 heavy (non-hydrogen) atoms. The minimum absolute atomic E-state index is 0.0137. The molecule has 1 aromatic carbocycles. The summed E-state index contributed by atoms with van der Waals surface area (Å²) in [5.74, 6) is 0.717. The summed E-state index contributed by atoms with van der Waals surface area (Å²) < 4.78 is 33.1. The van der Waals surface area contributed by atoms with Gasteiger partial charge in [0.25, 0.3) is 10.0 Å². The number of fused-ring (bicyclic) bond motifs is 1. The molecule has 1 heterocycles. The molecule has 0 spiro atoms. The Morgan fingerprint density at radius 3 is 2.70 bits per heavy atom. The number of ether oxygens (including phenoxy) is 1. The van der Waals surface area contributed by atoms with Gasteiger partial charge >= 0.3 is 0 Å². The van der Waals surface area contributed by atoms with Gasteiger partial charge in [0.1, 0.15) is 5.75 Å². The van der Waals surface area contributed by atoms with Crippen molar-refractivity contribution in [2.45, 2.75) is 30.2 Å². The van der Waals surface area contributed by atoms with Crippen molar-refractivity contribution in [3.8, 4) is 5.75 Å². The van der Waals surface area contributed by atoms with Crippen molar-refractivity contribution in [3.05, 3.63) is 41.7 Å². The Morgan fingerprint density at radius 1 is 1.26 bits per heavy atom. The number of sulfonamides is 1. The molecule has 1 aromatic heterocycles. The first kappa shape index (κ1) is 15.7. The Balaban J connectivity index is 2.04. The van der Waals surface area contributed by atoms with Gasteiger partial charge in [-0.05, 0) is 43.0 Å². The summed E-state index contributed by atoms with van der Waals surface area (Å²) in [5, 5.41) is 0. The largest absolute Gasteiger partial charge is 0.496 e. The molecule has 1 aliphatic rings. The van der Waals surface area contributed by atoms with Crippen LogP contribution in [0.3, 0.4) is 0 Å². The van der Waals surface area contributed by atoms with Crippen LogP contribution >= 0.6 is 0 Å². The van der Waals surface area contributed by atoms with Crippen LogP contribution in [0.5, 0.6) is 5.75 Å². The first-order valence-corrected chi connectivity index (χ1v) is 8.74. The van der Waals surface area contributed by atoms with Crippen LogP contribution in [0.25, 0.3) is 0 Å². The Hall–Kier alpha value is -2.19. The number of nitrogens with two attached hydrogens (primary N) is 1. The predicted molar refractivity (Wildman–Crippen MR) is 85.8 cm³/mol. The molecule has 8 heteroatoms. The average molecular weight is 334 g/mol. The summed E-state index contributed by atoms with van der Waals surface area (Å²) in [4.78, 5) is 8.03. The summed E-state index contributed by atoms with van der Waals surface area (Å²) in [7, 11) is -2.20. The smallest absolute Gasteiger partial charge is 0.264 e. The highest BCUT2D eigenvalue weighted by Gasteiger charge is 2.27. The number of methoxy groups -OCH3 is 1. The van der Waals surface area contributed by atoms with Crippen molar-refractivity contribution in [2.24, 2.45) is 5.73 Å². The van der Waals surface area contributed by atoms with Crippen molar-refractivity contribution < 1.29 is 13.2 Å². The van der Waals surface area contributed by atoms with Crippen LogP contribution in [0.2, 0.25) is 0 Å². The number of nitrogens with zero attached hydrogens (tertiary/aromatic N) is 2. The minimum atomic E-state index is -3.77. The second-order valence-corrected chi connectivity index (χ2v) is 7.05. The topological polar surface area (TPSA) is 107 Å². The maximum Gasteiger partial charge on any atom is 0.264 e. The molecule has 0 amide bonds. The predicted octanol–water partition coefficient (Wildman–Crippen LogP) is 1.10. The van der Waals surface area contributed by atoms with Gasteiger partial charge in [-0.3, -0.25) is 0 Å². The minimum Gasteiger partial charge on any atom is -0.496 e. The van der Waals surface area contributed by atoms with Gasteiger partial charge in [-0.1, -0.05) is 0 Å². The standard InChI is InChI=1S/C15H18N4O3S/c1-22-13-5-6-14(11-4-3-10(16)9-12(11)13)23(20,21)19-15-17-7-2-8-18-15/h2,5-8,10H,3-4,9,16H2,1H3,(H,17,18,19)/t10-/m0/s1. The van der Waals surface area contributed by atoms with E-state index in [0.717, 1.165) is 17.5 Å². The first-order valence-electron chi connectivity index (χ1n) is 7.25. The normalized spacial score (nSPS) is 17.4. The summed E-state index contributed by atoms with van der Waals surface area (Å²) >= 11 is 0. The third kappa shape index (κ3) is 3.13. The number of aromatic nitrogens is 2. The molecule has 1 aliphatic carbocycles. The van der Waals surface area contributed by atoms with Crippen molar-refractivity contribution in [1.29, 1.82) is 0 Å². The molecule has 122 valence electrons. The maximum absolute atomic E-state index is 12.7. The van der Waals surface area contributed by atoms with Gasteiger partial charge in [0.05, 0.1) is 12.0 Å². The van der Waals surface area contributed by atoms with Gasteiger partial charge in [-0.15, -0.1) is 0 Å². The number of hydrogen-bond acceptors (Lipinski definition) is 6. The van der Waals surface area contributed by atoms with Gasteiger partial charge in [0.2, 0.25) is 5.95 Å². The van der Waals surface area contributed by atoms with Gasteiger partial charge in [-0.2, -0.15) is 0 Å². The molecule has 3 rings (SSSR count). The fourth-order valence-corrected chi connectivity index (χ4v) is 4.06. The molecule has 2 aromatic rings. The quantitative estimate of drug-likeness (QED) is 0.867. The SMILES string of the molecule is COc1ccc(S(=O)(=O)Nc2ncccn2)c2c1C[C@@H](N)CC2. The fourth-order valence-electron chi connectivity index (χ4n) is 2.81. The molecular weight excluding hydrogens is 316 g/mol. The van der Waals surface area contributed by atoms with E-state index >= 15 is 0 Å². The highest BCUT2D eigenvalue weighted by Crippen LogP contribution is 2.34. The van der Waals surface area contributed by atoms with Crippen molar-refractivity contribution in [3.63, 3.8) is 0 Å². The lowest BCUT2D eigenvalue weighted by Crippen LogP contribution is -2.30. The zero-order valence-electron chi connectivity index (χ0n) is 12.7. The molecule has 0 fully saturated rings. The highest BCUT2D eigenvalue weighted by molar-refractivity contribution is 7.92. The molecule has 1 atom stereocenters. The van der Waals surface area contributed by atoms with E-state index in [0.29, 0.717) is 18.6 Å². The highest BCUT2D eigenvalue weighted by atomic mass is 32.2. The van der Waals surface area contributed by atoms with Crippen LogP contribution in [-0.2, 0) is 22.9 Å². The molecule has 0 saturated heterocycles. The average Bonchev–Trinajstić information content (AvgIpc) is 2.54. The van der Waals surface area contributed by atoms with Gasteiger partial charge in [0, 0.05) is 24.0 Å². The number of rotatable bonds is 4. The van der Waals surface area contributed by atoms with Gasteiger partial charge in [0.15, 0.2) is 0 Å². The Bertz CT molecular complexity index is 809. The Labute approximate surface area is 135 Å². The lowest BCUT2D eigenvalue weighted by Gasteiger charge is -2.25. The monoisotopic (exact) mass is 334 g/mol. The number of benzene rings is 1. The second kappa shape index (κ2) is 6.13. The molecule has 0 aliphatic heterocycles. The van der Waals surface area contributed by atoms with Crippen molar-refractivity contribution in [2.75, 3.05) is 11.8 Å². The van der Waals surface area contributed by atoms with Gasteiger partial charge < -0.3 is 10.5 Å². The first-order chi connectivity index (χ1) is 11.0. The summed E-state index contributed by atoms with van der Waals surface area (Å²) in [5.41, 5.74) is 7.64. The maximum atomic E-state index is 12.7. The molecule has 0 unspecified atom stereocenters.